The number of nitro groups is 1. The third-order valence-electron chi connectivity index (χ3n) is 5.28. The Morgan fingerprint density at radius 3 is 2.47 bits per heavy atom. The molecule has 0 aliphatic carbocycles. The second kappa shape index (κ2) is 9.48. The second-order valence-corrected chi connectivity index (χ2v) is 11.0. The summed E-state index contributed by atoms with van der Waals surface area (Å²) in [7, 11) is -4.01. The third-order valence-corrected chi connectivity index (χ3v) is 7.66. The fourth-order valence-corrected chi connectivity index (χ4v) is 5.65. The van der Waals surface area contributed by atoms with Crippen LogP contribution in [-0.2, 0) is 14.8 Å². The predicted molar refractivity (Wildman–Crippen MR) is 118 cm³/mol. The summed E-state index contributed by atoms with van der Waals surface area (Å²) in [5.74, 6) is 0. The minimum Gasteiger partial charge on any atom is -0.444 e. The minimum absolute atomic E-state index is 0.0642. The largest absolute Gasteiger partial charge is 0.444 e. The number of carbonyl (C=O) groups is 1. The van der Waals surface area contributed by atoms with Crippen LogP contribution in [0, 0.1) is 10.1 Å². The molecule has 1 aromatic rings. The Morgan fingerprint density at radius 2 is 1.88 bits per heavy atom. The number of sulfonamides is 1. The number of nitro benzene ring substituents is 1. The molecular formula is C19H28ClN5O6S. The van der Waals surface area contributed by atoms with Gasteiger partial charge in [-0.1, -0.05) is 11.6 Å². The lowest BCUT2D eigenvalue weighted by molar-refractivity contribution is -0.385. The molecule has 0 radical (unpaired) electrons. The molecule has 13 heteroatoms. The van der Waals surface area contributed by atoms with Gasteiger partial charge >= 0.3 is 6.09 Å². The number of nitrogens with zero attached hydrogens (tertiary/aromatic N) is 4. The molecule has 1 unspecified atom stereocenters. The number of rotatable bonds is 4. The molecular weight excluding hydrogens is 462 g/mol. The average Bonchev–Trinajstić information content (AvgIpc) is 2.72. The van der Waals surface area contributed by atoms with Crippen LogP contribution in [0.25, 0.3) is 0 Å². The van der Waals surface area contributed by atoms with Crippen molar-refractivity contribution >= 4 is 33.4 Å². The fraction of sp³-hybridized carbons (Fsp3) is 0.632. The molecule has 32 heavy (non-hydrogen) atoms. The number of halogens is 1. The van der Waals surface area contributed by atoms with Crippen molar-refractivity contribution in [3.05, 3.63) is 33.3 Å². The standard InChI is InChI=1S/C19H28ClN5O6S/c1-19(2,3)31-18(26)24-7-6-21-13-17(24)22-8-10-23(11-9-22)32(29,30)16-12-14(25(27)28)4-5-15(16)20/h4-5,12,17,21H,6-11,13H2,1-3H3. The van der Waals surface area contributed by atoms with Crippen molar-refractivity contribution in [3.8, 4) is 0 Å². The Balaban J connectivity index is 1.72. The molecule has 0 spiro atoms. The first-order valence-electron chi connectivity index (χ1n) is 10.3. The molecule has 1 amide bonds. The number of nitrogens with one attached hydrogen (secondary N) is 1. The molecule has 11 nitrogen and oxygen atoms in total. The number of ether oxygens (including phenoxy) is 1. The van der Waals surface area contributed by atoms with Gasteiger partial charge in [-0.05, 0) is 26.8 Å². The van der Waals surface area contributed by atoms with E-state index in [9.17, 15) is 23.3 Å². The van der Waals surface area contributed by atoms with Gasteiger partial charge in [0.25, 0.3) is 5.69 Å². The number of hydrogen-bond acceptors (Lipinski definition) is 8. The average molecular weight is 490 g/mol. The summed E-state index contributed by atoms with van der Waals surface area (Å²) in [5, 5.41) is 14.3. The first-order valence-corrected chi connectivity index (χ1v) is 12.1. The van der Waals surface area contributed by atoms with Crippen molar-refractivity contribution in [1.29, 1.82) is 0 Å². The van der Waals surface area contributed by atoms with Gasteiger partial charge in [0.05, 0.1) is 9.95 Å². The number of benzene rings is 1. The molecule has 2 aliphatic heterocycles. The molecule has 0 bridgehead atoms. The molecule has 3 rings (SSSR count). The van der Waals surface area contributed by atoms with Crippen molar-refractivity contribution in [2.75, 3.05) is 45.8 Å². The molecule has 1 N–H and O–H groups in total. The predicted octanol–water partition coefficient (Wildman–Crippen LogP) is 1.72. The molecule has 2 fully saturated rings. The summed E-state index contributed by atoms with van der Waals surface area (Å²) in [4.78, 5) is 26.5. The van der Waals surface area contributed by atoms with E-state index in [0.29, 0.717) is 32.7 Å². The van der Waals surface area contributed by atoms with E-state index in [1.165, 1.54) is 16.4 Å². The summed E-state index contributed by atoms with van der Waals surface area (Å²) in [6.07, 6.45) is -0.660. The fourth-order valence-electron chi connectivity index (χ4n) is 3.73. The molecule has 1 aromatic carbocycles. The van der Waals surface area contributed by atoms with Crippen molar-refractivity contribution in [2.45, 2.75) is 37.4 Å². The highest BCUT2D eigenvalue weighted by Crippen LogP contribution is 2.29. The van der Waals surface area contributed by atoms with E-state index >= 15 is 0 Å². The van der Waals surface area contributed by atoms with Crippen molar-refractivity contribution in [3.63, 3.8) is 0 Å². The lowest BCUT2D eigenvalue weighted by atomic mass is 10.2. The zero-order chi connectivity index (χ0) is 23.7. The Hall–Kier alpha value is -1.99. The van der Waals surface area contributed by atoms with Gasteiger partial charge in [0.15, 0.2) is 0 Å². The molecule has 1 atom stereocenters. The zero-order valence-electron chi connectivity index (χ0n) is 18.3. The summed E-state index contributed by atoms with van der Waals surface area (Å²) in [6.45, 7) is 8.22. The van der Waals surface area contributed by atoms with Gasteiger partial charge in [-0.3, -0.25) is 19.9 Å². The van der Waals surface area contributed by atoms with Crippen LogP contribution in [0.2, 0.25) is 5.02 Å². The highest BCUT2D eigenvalue weighted by Gasteiger charge is 2.38. The molecule has 178 valence electrons. The minimum atomic E-state index is -4.01. The molecule has 2 saturated heterocycles. The maximum absolute atomic E-state index is 13.1. The van der Waals surface area contributed by atoms with E-state index in [0.717, 1.165) is 6.07 Å². The van der Waals surface area contributed by atoms with Crippen LogP contribution in [-0.4, -0.2) is 91.1 Å². The SMILES string of the molecule is CC(C)(C)OC(=O)N1CCNCC1N1CCN(S(=O)(=O)c2cc([N+](=O)[O-])ccc2Cl)CC1. The Morgan fingerprint density at radius 1 is 1.22 bits per heavy atom. The smallest absolute Gasteiger partial charge is 0.411 e. The van der Waals surface area contributed by atoms with Gasteiger partial charge in [0.1, 0.15) is 16.7 Å². The Kier molecular flexibility index (Phi) is 7.30. The van der Waals surface area contributed by atoms with Gasteiger partial charge in [0, 0.05) is 57.9 Å². The van der Waals surface area contributed by atoms with Gasteiger partial charge in [0.2, 0.25) is 10.0 Å². The van der Waals surface area contributed by atoms with Crippen LogP contribution >= 0.6 is 11.6 Å². The van der Waals surface area contributed by atoms with E-state index in [1.54, 1.807) is 4.90 Å². The Labute approximate surface area is 192 Å². The monoisotopic (exact) mass is 489 g/mol. The van der Waals surface area contributed by atoms with Gasteiger partial charge in [-0.15, -0.1) is 0 Å². The summed E-state index contributed by atoms with van der Waals surface area (Å²) >= 11 is 6.06. The highest BCUT2D eigenvalue weighted by atomic mass is 35.5. The van der Waals surface area contributed by atoms with Crippen molar-refractivity contribution < 1.29 is 22.9 Å². The number of piperazine rings is 2. The van der Waals surface area contributed by atoms with E-state index in [1.807, 2.05) is 25.7 Å². The van der Waals surface area contributed by atoms with Gasteiger partial charge in [-0.25, -0.2) is 13.2 Å². The first kappa shape index (κ1) is 24.6. The van der Waals surface area contributed by atoms with Gasteiger partial charge < -0.3 is 10.1 Å². The quantitative estimate of drug-likeness (QED) is 0.500. The van der Waals surface area contributed by atoms with Crippen molar-refractivity contribution in [1.82, 2.24) is 19.4 Å². The summed E-state index contributed by atoms with van der Waals surface area (Å²) < 4.78 is 33.0. The Bertz CT molecular complexity index is 975. The van der Waals surface area contributed by atoms with E-state index in [-0.39, 0.29) is 34.9 Å². The summed E-state index contributed by atoms with van der Waals surface area (Å²) in [6, 6.07) is 3.37. The summed E-state index contributed by atoms with van der Waals surface area (Å²) in [5.41, 5.74) is -0.954. The van der Waals surface area contributed by atoms with Crippen molar-refractivity contribution in [2.24, 2.45) is 0 Å². The first-order chi connectivity index (χ1) is 14.9. The van der Waals surface area contributed by atoms with Gasteiger partial charge in [-0.2, -0.15) is 4.31 Å². The maximum Gasteiger partial charge on any atom is 0.411 e. The van der Waals surface area contributed by atoms with Crippen LogP contribution < -0.4 is 5.32 Å². The van der Waals surface area contributed by atoms with Crippen LogP contribution in [0.5, 0.6) is 0 Å². The molecule has 0 aromatic heterocycles. The molecule has 0 saturated carbocycles. The van der Waals surface area contributed by atoms with E-state index in [4.69, 9.17) is 16.3 Å². The normalized spacial score (nSPS) is 21.4. The number of amides is 1. The van der Waals surface area contributed by atoms with E-state index in [2.05, 4.69) is 5.32 Å². The number of non-ortho nitro benzene ring substituents is 1. The topological polar surface area (TPSA) is 125 Å². The van der Waals surface area contributed by atoms with E-state index < -0.39 is 26.6 Å². The van der Waals surface area contributed by atoms with Crippen LogP contribution in [0.15, 0.2) is 23.1 Å². The highest BCUT2D eigenvalue weighted by molar-refractivity contribution is 7.89. The third kappa shape index (κ3) is 5.49. The zero-order valence-corrected chi connectivity index (χ0v) is 19.9. The second-order valence-electron chi connectivity index (χ2n) is 8.67. The number of carbonyl (C=O) groups excluding carboxylic acids is 1. The maximum atomic E-state index is 13.1. The number of hydrogen-bond donors (Lipinski definition) is 1. The van der Waals surface area contributed by atoms with Crippen LogP contribution in [0.1, 0.15) is 20.8 Å². The van der Waals surface area contributed by atoms with Crippen LogP contribution in [0.4, 0.5) is 10.5 Å². The lowest BCUT2D eigenvalue weighted by Crippen LogP contribution is -2.64. The molecule has 2 aliphatic rings. The van der Waals surface area contributed by atoms with Crippen LogP contribution in [0.3, 0.4) is 0 Å². The lowest BCUT2D eigenvalue weighted by Gasteiger charge is -2.45. The molecule has 2 heterocycles.